The van der Waals surface area contributed by atoms with Gasteiger partial charge in [-0.2, -0.15) is 0 Å². The second-order valence-corrected chi connectivity index (χ2v) is 8.76. The second kappa shape index (κ2) is 9.40. The highest BCUT2D eigenvalue weighted by atomic mass is 32.2. The minimum atomic E-state index is -0.136. The summed E-state index contributed by atoms with van der Waals surface area (Å²) in [6.45, 7) is 5.95. The third-order valence-electron chi connectivity index (χ3n) is 5.25. The number of hydrogen-bond acceptors (Lipinski definition) is 4. The van der Waals surface area contributed by atoms with Crippen molar-refractivity contribution >= 4 is 34.3 Å². The summed E-state index contributed by atoms with van der Waals surface area (Å²) in [5.41, 5.74) is 3.09. The van der Waals surface area contributed by atoms with Crippen LogP contribution in [0.5, 0.6) is 0 Å². The van der Waals surface area contributed by atoms with Gasteiger partial charge in [-0.25, -0.2) is 4.98 Å². The fourth-order valence-electron chi connectivity index (χ4n) is 3.75. The number of fused-ring (bicyclic) bond motifs is 1. The van der Waals surface area contributed by atoms with Crippen molar-refractivity contribution in [3.8, 4) is 5.69 Å². The molecule has 0 spiro atoms. The van der Waals surface area contributed by atoms with Gasteiger partial charge in [0, 0.05) is 11.7 Å². The molecule has 4 aromatic rings. The summed E-state index contributed by atoms with van der Waals surface area (Å²) in [6, 6.07) is 24.7. The van der Waals surface area contributed by atoms with Crippen LogP contribution in [-0.4, -0.2) is 27.3 Å². The van der Waals surface area contributed by atoms with E-state index >= 15 is 0 Å². The number of aryl methyl sites for hydroxylation is 1. The number of amides is 1. The predicted octanol–water partition coefficient (Wildman–Crippen LogP) is 5.23. The number of aromatic nitrogens is 2. The summed E-state index contributed by atoms with van der Waals surface area (Å²) in [7, 11) is 0. The molecule has 5 nitrogen and oxygen atoms in total. The van der Waals surface area contributed by atoms with Gasteiger partial charge in [-0.1, -0.05) is 60.3 Å². The van der Waals surface area contributed by atoms with Crippen LogP contribution < -0.4 is 10.5 Å². The first-order valence-corrected chi connectivity index (χ1v) is 11.5. The van der Waals surface area contributed by atoms with Gasteiger partial charge in [0.05, 0.1) is 22.3 Å². The van der Waals surface area contributed by atoms with Crippen LogP contribution in [0, 0.1) is 6.92 Å². The molecule has 0 aliphatic rings. The molecule has 162 valence electrons. The van der Waals surface area contributed by atoms with Crippen molar-refractivity contribution < 1.29 is 4.79 Å². The minimum Gasteiger partial charge on any atom is -0.309 e. The summed E-state index contributed by atoms with van der Waals surface area (Å²) in [4.78, 5) is 33.2. The van der Waals surface area contributed by atoms with Gasteiger partial charge in [-0.15, -0.1) is 0 Å². The number of benzene rings is 3. The highest BCUT2D eigenvalue weighted by molar-refractivity contribution is 7.99. The molecule has 1 heterocycles. The number of carbonyl (C=O) groups is 1. The highest BCUT2D eigenvalue weighted by Gasteiger charge is 2.21. The molecule has 0 saturated carbocycles. The standard InChI is InChI=1S/C26H25N3O2S/c1-18(2)28(20-12-5-4-6-13-20)24(30)17-32-26-27-22-15-9-8-14-21(22)25(31)29(26)23-16-10-7-11-19(23)3/h4-16,18H,17H2,1-3H3. The van der Waals surface area contributed by atoms with Crippen LogP contribution in [0.2, 0.25) is 0 Å². The summed E-state index contributed by atoms with van der Waals surface area (Å²) in [5.74, 6) is 0.138. The van der Waals surface area contributed by atoms with Gasteiger partial charge in [0.25, 0.3) is 5.56 Å². The lowest BCUT2D eigenvalue weighted by molar-refractivity contribution is -0.116. The molecule has 0 aliphatic heterocycles. The average molecular weight is 444 g/mol. The summed E-state index contributed by atoms with van der Waals surface area (Å²) in [5, 5.41) is 1.06. The first-order chi connectivity index (χ1) is 15.5. The van der Waals surface area contributed by atoms with Crippen molar-refractivity contribution in [3.63, 3.8) is 0 Å². The molecule has 0 saturated heterocycles. The van der Waals surface area contributed by atoms with Crippen molar-refractivity contribution in [1.29, 1.82) is 0 Å². The Bertz CT molecular complexity index is 1320. The molecule has 32 heavy (non-hydrogen) atoms. The normalized spacial score (nSPS) is 11.1. The van der Waals surface area contributed by atoms with Gasteiger partial charge < -0.3 is 4.90 Å². The molecular formula is C26H25N3O2S. The van der Waals surface area contributed by atoms with Gasteiger partial charge in [0.1, 0.15) is 0 Å². The van der Waals surface area contributed by atoms with E-state index in [2.05, 4.69) is 0 Å². The van der Waals surface area contributed by atoms with Crippen LogP contribution in [0.1, 0.15) is 19.4 Å². The van der Waals surface area contributed by atoms with Crippen molar-refractivity contribution in [1.82, 2.24) is 9.55 Å². The van der Waals surface area contributed by atoms with Crippen LogP contribution in [0.25, 0.3) is 16.6 Å². The van der Waals surface area contributed by atoms with E-state index in [1.165, 1.54) is 11.8 Å². The van der Waals surface area contributed by atoms with Gasteiger partial charge in [-0.05, 0) is 56.7 Å². The third-order valence-corrected chi connectivity index (χ3v) is 6.17. The van der Waals surface area contributed by atoms with Gasteiger partial charge in [0.2, 0.25) is 5.91 Å². The maximum absolute atomic E-state index is 13.4. The predicted molar refractivity (Wildman–Crippen MR) is 132 cm³/mol. The van der Waals surface area contributed by atoms with Gasteiger partial charge >= 0.3 is 0 Å². The van der Waals surface area contributed by atoms with Crippen molar-refractivity contribution in [2.75, 3.05) is 10.7 Å². The second-order valence-electron chi connectivity index (χ2n) is 7.82. The molecule has 0 unspecified atom stereocenters. The molecule has 0 aliphatic carbocycles. The largest absolute Gasteiger partial charge is 0.309 e. The van der Waals surface area contributed by atoms with E-state index in [-0.39, 0.29) is 23.3 Å². The fourth-order valence-corrected chi connectivity index (χ4v) is 4.62. The topological polar surface area (TPSA) is 55.2 Å². The van der Waals surface area contributed by atoms with Crippen LogP contribution in [-0.2, 0) is 4.79 Å². The number of carbonyl (C=O) groups excluding carboxylic acids is 1. The van der Waals surface area contributed by atoms with Crippen molar-refractivity contribution in [2.24, 2.45) is 0 Å². The zero-order valence-electron chi connectivity index (χ0n) is 18.4. The Morgan fingerprint density at radius 1 is 0.969 bits per heavy atom. The average Bonchev–Trinajstić information content (AvgIpc) is 2.79. The molecule has 4 rings (SSSR count). The molecule has 0 radical (unpaired) electrons. The van der Waals surface area contributed by atoms with Crippen molar-refractivity contribution in [3.05, 3.63) is 94.8 Å². The summed E-state index contributed by atoms with van der Waals surface area (Å²) >= 11 is 1.29. The Morgan fingerprint density at radius 3 is 2.34 bits per heavy atom. The monoisotopic (exact) mass is 443 g/mol. The third kappa shape index (κ3) is 4.32. The lowest BCUT2D eigenvalue weighted by Crippen LogP contribution is -2.38. The molecule has 3 aromatic carbocycles. The molecule has 1 amide bonds. The lowest BCUT2D eigenvalue weighted by Gasteiger charge is -2.27. The van der Waals surface area contributed by atoms with E-state index in [0.717, 1.165) is 16.9 Å². The van der Waals surface area contributed by atoms with E-state index in [4.69, 9.17) is 4.98 Å². The molecule has 0 bridgehead atoms. The first kappa shape index (κ1) is 21.8. The fraction of sp³-hybridized carbons (Fsp3) is 0.192. The van der Waals surface area contributed by atoms with Gasteiger partial charge in [0.15, 0.2) is 5.16 Å². The van der Waals surface area contributed by atoms with Crippen molar-refractivity contribution in [2.45, 2.75) is 32.0 Å². The molecule has 1 aromatic heterocycles. The Morgan fingerprint density at radius 2 is 1.62 bits per heavy atom. The molecular weight excluding hydrogens is 418 g/mol. The zero-order chi connectivity index (χ0) is 22.7. The van der Waals surface area contributed by atoms with E-state index in [0.29, 0.717) is 16.1 Å². The maximum atomic E-state index is 13.4. The number of anilines is 1. The molecule has 0 fully saturated rings. The van der Waals surface area contributed by atoms with Crippen LogP contribution >= 0.6 is 11.8 Å². The molecule has 6 heteroatoms. The highest BCUT2D eigenvalue weighted by Crippen LogP contribution is 2.25. The number of para-hydroxylation sites is 3. The van der Waals surface area contributed by atoms with E-state index in [1.807, 2.05) is 93.6 Å². The summed E-state index contributed by atoms with van der Waals surface area (Å²) < 4.78 is 1.62. The Labute approximate surface area is 191 Å². The smallest absolute Gasteiger partial charge is 0.266 e. The lowest BCUT2D eigenvalue weighted by atomic mass is 10.2. The Balaban J connectivity index is 1.74. The van der Waals surface area contributed by atoms with E-state index in [1.54, 1.807) is 15.5 Å². The first-order valence-electron chi connectivity index (χ1n) is 10.5. The minimum absolute atomic E-state index is 0.00798. The number of hydrogen-bond donors (Lipinski definition) is 0. The Kier molecular flexibility index (Phi) is 6.42. The summed E-state index contributed by atoms with van der Waals surface area (Å²) in [6.07, 6.45) is 0. The number of thioether (sulfide) groups is 1. The van der Waals surface area contributed by atoms with E-state index < -0.39 is 0 Å². The molecule has 0 N–H and O–H groups in total. The molecule has 0 atom stereocenters. The maximum Gasteiger partial charge on any atom is 0.266 e. The Hall–Kier alpha value is -3.38. The van der Waals surface area contributed by atoms with Crippen LogP contribution in [0.4, 0.5) is 5.69 Å². The van der Waals surface area contributed by atoms with Crippen LogP contribution in [0.3, 0.4) is 0 Å². The number of nitrogens with zero attached hydrogens (tertiary/aromatic N) is 3. The quantitative estimate of drug-likeness (QED) is 0.303. The van der Waals surface area contributed by atoms with E-state index in [9.17, 15) is 9.59 Å². The van der Waals surface area contributed by atoms with Crippen LogP contribution in [0.15, 0.2) is 88.8 Å². The van der Waals surface area contributed by atoms with Gasteiger partial charge in [-0.3, -0.25) is 14.2 Å². The SMILES string of the molecule is Cc1ccccc1-n1c(SCC(=O)N(c2ccccc2)C(C)C)nc2ccccc2c1=O. The zero-order valence-corrected chi connectivity index (χ0v) is 19.2. The number of rotatable bonds is 6.